The molecule has 0 aliphatic rings. The topological polar surface area (TPSA) is 82.5 Å². The first-order valence-electron chi connectivity index (χ1n) is 7.62. The summed E-state index contributed by atoms with van der Waals surface area (Å²) < 4.78 is 11.9. The Morgan fingerprint density at radius 1 is 1.16 bits per heavy atom. The van der Waals surface area contributed by atoms with Gasteiger partial charge >= 0.3 is 0 Å². The third-order valence-electron chi connectivity index (χ3n) is 3.91. The van der Waals surface area contributed by atoms with Crippen molar-refractivity contribution in [1.29, 1.82) is 0 Å². The van der Waals surface area contributed by atoms with E-state index in [-0.39, 0.29) is 17.2 Å². The summed E-state index contributed by atoms with van der Waals surface area (Å²) >= 11 is 0. The maximum Gasteiger partial charge on any atom is 0.249 e. The van der Waals surface area contributed by atoms with Crippen molar-refractivity contribution in [3.05, 3.63) is 66.0 Å². The molecular weight excluding hydrogens is 320 g/mol. The molecule has 0 aliphatic carbocycles. The standard InChI is InChI=1S/C18H14N4O3/c1-11-16(12-5-7-13(24-2)8-6-12)18-20-19-14(10-22(18)21-11)17(23)15-4-3-9-25-15/h3-10H,1-2H3. The van der Waals surface area contributed by atoms with Gasteiger partial charge in [0.2, 0.25) is 5.78 Å². The van der Waals surface area contributed by atoms with Gasteiger partial charge in [0, 0.05) is 0 Å². The van der Waals surface area contributed by atoms with Gasteiger partial charge in [-0.25, -0.2) is 4.52 Å². The Morgan fingerprint density at radius 2 is 1.96 bits per heavy atom. The van der Waals surface area contributed by atoms with Gasteiger partial charge in [0.05, 0.1) is 30.8 Å². The first-order valence-corrected chi connectivity index (χ1v) is 7.62. The maximum atomic E-state index is 12.3. The largest absolute Gasteiger partial charge is 0.497 e. The second kappa shape index (κ2) is 5.86. The molecule has 0 unspecified atom stereocenters. The lowest BCUT2D eigenvalue weighted by atomic mass is 10.1. The number of rotatable bonds is 4. The number of ketones is 1. The number of aryl methyl sites for hydroxylation is 1. The predicted octanol–water partition coefficient (Wildman–Crippen LogP) is 2.93. The fraction of sp³-hybridized carbons (Fsp3) is 0.111. The number of benzene rings is 1. The summed E-state index contributed by atoms with van der Waals surface area (Å²) in [6.45, 7) is 1.89. The average Bonchev–Trinajstić information content (AvgIpc) is 3.28. The Morgan fingerprint density at radius 3 is 2.64 bits per heavy atom. The highest BCUT2D eigenvalue weighted by atomic mass is 16.5. The summed E-state index contributed by atoms with van der Waals surface area (Å²) in [6, 6.07) is 10.9. The summed E-state index contributed by atoms with van der Waals surface area (Å²) in [7, 11) is 1.62. The molecule has 7 heteroatoms. The van der Waals surface area contributed by atoms with Crippen molar-refractivity contribution in [1.82, 2.24) is 19.8 Å². The van der Waals surface area contributed by atoms with Gasteiger partial charge < -0.3 is 9.15 Å². The molecule has 3 aromatic heterocycles. The summed E-state index contributed by atoms with van der Waals surface area (Å²) in [5.41, 5.74) is 3.37. The fourth-order valence-corrected chi connectivity index (χ4v) is 2.70. The second-order valence-corrected chi connectivity index (χ2v) is 5.48. The quantitative estimate of drug-likeness (QED) is 0.534. The van der Waals surface area contributed by atoms with E-state index in [0.29, 0.717) is 5.65 Å². The Hall–Kier alpha value is -3.48. The van der Waals surface area contributed by atoms with Crippen molar-refractivity contribution in [3.8, 4) is 16.9 Å². The molecule has 0 fully saturated rings. The van der Waals surface area contributed by atoms with E-state index in [1.807, 2.05) is 31.2 Å². The van der Waals surface area contributed by atoms with Crippen LogP contribution >= 0.6 is 0 Å². The number of carbonyl (C=O) groups is 1. The fourth-order valence-electron chi connectivity index (χ4n) is 2.70. The molecule has 0 atom stereocenters. The SMILES string of the molecule is COc1ccc(-c2c(C)nn3cc(C(=O)c4ccco4)nnc23)cc1. The lowest BCUT2D eigenvalue weighted by Crippen LogP contribution is -2.07. The monoisotopic (exact) mass is 334 g/mol. The molecule has 1 aromatic carbocycles. The van der Waals surface area contributed by atoms with E-state index >= 15 is 0 Å². The normalized spacial score (nSPS) is 11.0. The van der Waals surface area contributed by atoms with Gasteiger partial charge in [-0.15, -0.1) is 10.2 Å². The van der Waals surface area contributed by atoms with E-state index in [2.05, 4.69) is 15.3 Å². The van der Waals surface area contributed by atoms with Gasteiger partial charge in [0.1, 0.15) is 5.75 Å². The minimum Gasteiger partial charge on any atom is -0.497 e. The third-order valence-corrected chi connectivity index (χ3v) is 3.91. The van der Waals surface area contributed by atoms with Gasteiger partial charge in [-0.05, 0) is 36.8 Å². The molecule has 0 N–H and O–H groups in total. The van der Waals surface area contributed by atoms with Gasteiger partial charge in [-0.3, -0.25) is 4.79 Å². The summed E-state index contributed by atoms with van der Waals surface area (Å²) in [5.74, 6) is 0.654. The molecule has 0 saturated heterocycles. The molecule has 0 amide bonds. The highest BCUT2D eigenvalue weighted by Gasteiger charge is 2.18. The van der Waals surface area contributed by atoms with Crippen LogP contribution in [0, 0.1) is 6.92 Å². The van der Waals surface area contributed by atoms with E-state index in [1.54, 1.807) is 30.0 Å². The van der Waals surface area contributed by atoms with E-state index < -0.39 is 0 Å². The van der Waals surface area contributed by atoms with Crippen LogP contribution in [0.2, 0.25) is 0 Å². The van der Waals surface area contributed by atoms with Crippen LogP contribution in [0.1, 0.15) is 21.9 Å². The number of ether oxygens (including phenoxy) is 1. The summed E-state index contributed by atoms with van der Waals surface area (Å²) in [4.78, 5) is 12.3. The molecule has 0 radical (unpaired) electrons. The first kappa shape index (κ1) is 15.1. The number of aromatic nitrogens is 4. The number of hydrogen-bond acceptors (Lipinski definition) is 6. The predicted molar refractivity (Wildman–Crippen MR) is 89.6 cm³/mol. The van der Waals surface area contributed by atoms with Crippen LogP contribution in [0.4, 0.5) is 0 Å². The van der Waals surface area contributed by atoms with E-state index in [9.17, 15) is 4.79 Å². The van der Waals surface area contributed by atoms with Crippen LogP contribution in [0.25, 0.3) is 16.8 Å². The minimum atomic E-state index is -0.335. The van der Waals surface area contributed by atoms with Crippen LogP contribution in [0.3, 0.4) is 0 Å². The summed E-state index contributed by atoms with van der Waals surface area (Å²) in [6.07, 6.45) is 3.01. The van der Waals surface area contributed by atoms with Crippen LogP contribution in [0.5, 0.6) is 5.75 Å². The van der Waals surface area contributed by atoms with Gasteiger partial charge in [0.15, 0.2) is 17.1 Å². The number of methoxy groups -OCH3 is 1. The molecule has 124 valence electrons. The van der Waals surface area contributed by atoms with Gasteiger partial charge in [-0.2, -0.15) is 5.10 Å². The molecular formula is C18H14N4O3. The molecule has 4 rings (SSSR count). The van der Waals surface area contributed by atoms with E-state index in [4.69, 9.17) is 9.15 Å². The first-order chi connectivity index (χ1) is 12.2. The highest BCUT2D eigenvalue weighted by Crippen LogP contribution is 2.28. The zero-order valence-corrected chi connectivity index (χ0v) is 13.6. The third kappa shape index (κ3) is 2.55. The van der Waals surface area contributed by atoms with Crippen molar-refractivity contribution >= 4 is 11.4 Å². The zero-order valence-electron chi connectivity index (χ0n) is 13.6. The van der Waals surface area contributed by atoms with Crippen LogP contribution < -0.4 is 4.74 Å². The smallest absolute Gasteiger partial charge is 0.249 e. The second-order valence-electron chi connectivity index (χ2n) is 5.48. The van der Waals surface area contributed by atoms with E-state index in [0.717, 1.165) is 22.6 Å². The molecule has 0 aliphatic heterocycles. The molecule has 7 nitrogen and oxygen atoms in total. The van der Waals surface area contributed by atoms with Crippen molar-refractivity contribution in [2.75, 3.05) is 7.11 Å². The Kier molecular flexibility index (Phi) is 3.53. The van der Waals surface area contributed by atoms with Crippen molar-refractivity contribution in [3.63, 3.8) is 0 Å². The molecule has 4 aromatic rings. The van der Waals surface area contributed by atoms with Crippen LogP contribution in [-0.4, -0.2) is 32.7 Å². The Labute approximate surface area is 142 Å². The molecule has 25 heavy (non-hydrogen) atoms. The van der Waals surface area contributed by atoms with Crippen molar-refractivity contribution in [2.45, 2.75) is 6.92 Å². The molecule has 0 spiro atoms. The van der Waals surface area contributed by atoms with Crippen LogP contribution in [-0.2, 0) is 0 Å². The van der Waals surface area contributed by atoms with Gasteiger partial charge in [0.25, 0.3) is 0 Å². The van der Waals surface area contributed by atoms with Crippen molar-refractivity contribution < 1.29 is 13.9 Å². The van der Waals surface area contributed by atoms with Crippen LogP contribution in [0.15, 0.2) is 53.3 Å². The van der Waals surface area contributed by atoms with Crippen molar-refractivity contribution in [2.24, 2.45) is 0 Å². The number of nitrogens with zero attached hydrogens (tertiary/aromatic N) is 4. The van der Waals surface area contributed by atoms with Gasteiger partial charge in [-0.1, -0.05) is 12.1 Å². The average molecular weight is 334 g/mol. The Balaban J connectivity index is 1.79. The number of furan rings is 1. The highest BCUT2D eigenvalue weighted by molar-refractivity contribution is 6.05. The Bertz CT molecular complexity index is 1050. The number of hydrogen-bond donors (Lipinski definition) is 0. The number of carbonyl (C=O) groups excluding carboxylic acids is 1. The molecule has 0 bridgehead atoms. The lowest BCUT2D eigenvalue weighted by molar-refractivity contribution is 0.100. The zero-order chi connectivity index (χ0) is 17.4. The van der Waals surface area contributed by atoms with E-state index in [1.165, 1.54) is 6.26 Å². The summed E-state index contributed by atoms with van der Waals surface area (Å²) in [5, 5.41) is 12.7. The number of fused-ring (bicyclic) bond motifs is 1. The maximum absolute atomic E-state index is 12.3. The lowest BCUT2D eigenvalue weighted by Gasteiger charge is -2.03. The molecule has 0 saturated carbocycles. The minimum absolute atomic E-state index is 0.172. The molecule has 3 heterocycles.